The average Bonchev–Trinajstić information content (AvgIpc) is 3.24. The van der Waals surface area contributed by atoms with Gasteiger partial charge in [-0.15, -0.1) is 0 Å². The van der Waals surface area contributed by atoms with Gasteiger partial charge in [-0.25, -0.2) is 4.79 Å². The van der Waals surface area contributed by atoms with E-state index in [-0.39, 0.29) is 35.3 Å². The van der Waals surface area contributed by atoms with Crippen LogP contribution in [0.1, 0.15) is 40.8 Å². The van der Waals surface area contributed by atoms with E-state index < -0.39 is 29.3 Å². The number of rotatable bonds is 6. The molecule has 2 N–H and O–H groups in total. The largest absolute Gasteiger partial charge is 0.507 e. The zero-order chi connectivity index (χ0) is 27.0. The number of benzene rings is 3. The molecular formula is C29H22F3NO5. The molecule has 1 unspecified atom stereocenters. The molecule has 0 amide bonds. The molecule has 1 atom stereocenters. The molecule has 0 aliphatic carbocycles. The molecule has 194 valence electrons. The van der Waals surface area contributed by atoms with Crippen molar-refractivity contribution in [1.82, 2.24) is 4.98 Å². The molecule has 5 rings (SSSR count). The highest BCUT2D eigenvalue weighted by molar-refractivity contribution is 5.87. The van der Waals surface area contributed by atoms with Crippen molar-refractivity contribution in [2.75, 3.05) is 6.61 Å². The molecule has 2 heterocycles. The van der Waals surface area contributed by atoms with Crippen LogP contribution in [-0.2, 0) is 22.1 Å². The van der Waals surface area contributed by atoms with Gasteiger partial charge in [0.25, 0.3) is 0 Å². The summed E-state index contributed by atoms with van der Waals surface area (Å²) in [5.74, 6) is -1.80. The first-order chi connectivity index (χ1) is 18.1. The number of ether oxygens (including phenoxy) is 1. The highest BCUT2D eigenvalue weighted by Crippen LogP contribution is 2.42. The van der Waals surface area contributed by atoms with Gasteiger partial charge in [-0.1, -0.05) is 42.5 Å². The van der Waals surface area contributed by atoms with Crippen molar-refractivity contribution < 1.29 is 32.2 Å². The van der Waals surface area contributed by atoms with Crippen molar-refractivity contribution in [1.29, 1.82) is 0 Å². The number of para-hydroxylation sites is 2. The molecular weight excluding hydrogens is 499 g/mol. The summed E-state index contributed by atoms with van der Waals surface area (Å²) in [6.07, 6.45) is -4.29. The zero-order valence-corrected chi connectivity index (χ0v) is 20.1. The van der Waals surface area contributed by atoms with Crippen molar-refractivity contribution in [3.8, 4) is 5.75 Å². The number of H-pyrrole nitrogens is 1. The molecule has 38 heavy (non-hydrogen) atoms. The maximum absolute atomic E-state index is 13.3. The lowest BCUT2D eigenvalue weighted by Crippen LogP contribution is -2.18. The number of hydrogen-bond acceptors (Lipinski definition) is 5. The summed E-state index contributed by atoms with van der Waals surface area (Å²) in [4.78, 5) is 28.0. The first-order valence-electron chi connectivity index (χ1n) is 11.8. The quantitative estimate of drug-likeness (QED) is 0.203. The number of hydrogen-bond donors (Lipinski definition) is 2. The summed E-state index contributed by atoms with van der Waals surface area (Å²) in [6, 6.07) is 18.2. The van der Waals surface area contributed by atoms with Gasteiger partial charge in [-0.05, 0) is 41.5 Å². The summed E-state index contributed by atoms with van der Waals surface area (Å²) >= 11 is 0. The Hall–Kier alpha value is -4.53. The third kappa shape index (κ3) is 4.63. The number of carbonyl (C=O) groups is 1. The van der Waals surface area contributed by atoms with Gasteiger partial charge in [-0.3, -0.25) is 4.79 Å². The maximum atomic E-state index is 13.3. The number of aromatic amines is 1. The number of fused-ring (bicyclic) bond motifs is 2. The predicted molar refractivity (Wildman–Crippen MR) is 135 cm³/mol. The second kappa shape index (κ2) is 9.74. The second-order valence-electron chi connectivity index (χ2n) is 8.85. The lowest BCUT2D eigenvalue weighted by molar-refractivity contribution is -0.141. The summed E-state index contributed by atoms with van der Waals surface area (Å²) < 4.78 is 50.7. The highest BCUT2D eigenvalue weighted by Gasteiger charge is 2.33. The van der Waals surface area contributed by atoms with Gasteiger partial charge in [0.15, 0.2) is 0 Å². The van der Waals surface area contributed by atoms with Gasteiger partial charge in [-0.2, -0.15) is 13.2 Å². The molecule has 9 heteroatoms. The molecule has 3 aromatic carbocycles. The van der Waals surface area contributed by atoms with Crippen LogP contribution in [0.15, 0.2) is 82.0 Å². The van der Waals surface area contributed by atoms with Crippen LogP contribution < -0.4 is 5.63 Å². The lowest BCUT2D eigenvalue weighted by Gasteiger charge is -2.20. The van der Waals surface area contributed by atoms with Gasteiger partial charge in [0, 0.05) is 29.9 Å². The summed E-state index contributed by atoms with van der Waals surface area (Å²) in [7, 11) is 0. The molecule has 0 radical (unpaired) electrons. The summed E-state index contributed by atoms with van der Waals surface area (Å²) in [5, 5.41) is 12.4. The Labute approximate surface area is 214 Å². The molecule has 0 aliphatic heterocycles. The Morgan fingerprint density at radius 2 is 1.66 bits per heavy atom. The minimum Gasteiger partial charge on any atom is -0.507 e. The van der Waals surface area contributed by atoms with Crippen LogP contribution in [0.25, 0.3) is 21.9 Å². The third-order valence-electron chi connectivity index (χ3n) is 6.47. The van der Waals surface area contributed by atoms with E-state index in [1.807, 2.05) is 24.3 Å². The van der Waals surface area contributed by atoms with E-state index in [1.54, 1.807) is 24.3 Å². The van der Waals surface area contributed by atoms with Crippen LogP contribution in [0.3, 0.4) is 0 Å². The molecule has 0 bridgehead atoms. The van der Waals surface area contributed by atoms with E-state index in [9.17, 15) is 27.9 Å². The monoisotopic (exact) mass is 521 g/mol. The number of aromatic hydroxyl groups is 1. The molecule has 6 nitrogen and oxygen atoms in total. The molecule has 0 aliphatic rings. The number of halogens is 3. The fourth-order valence-corrected chi connectivity index (χ4v) is 4.78. The van der Waals surface area contributed by atoms with Crippen LogP contribution in [0, 0.1) is 0 Å². The van der Waals surface area contributed by atoms with Crippen molar-refractivity contribution in [3.63, 3.8) is 0 Å². The minimum atomic E-state index is -4.55. The Kier molecular flexibility index (Phi) is 6.44. The van der Waals surface area contributed by atoms with Crippen molar-refractivity contribution in [3.05, 3.63) is 111 Å². The number of esters is 1. The SMILES string of the molecule is CC(=O)OCCc1c(C(c2ccc(C(F)(F)F)cc2)c2c(O)c3ccccc3oc2=O)[nH]c2ccccc12. The number of alkyl halides is 3. The Balaban J connectivity index is 1.78. The zero-order valence-electron chi connectivity index (χ0n) is 20.1. The fourth-order valence-electron chi connectivity index (χ4n) is 4.78. The predicted octanol–water partition coefficient (Wildman–Crippen LogP) is 6.28. The Morgan fingerprint density at radius 1 is 1.00 bits per heavy atom. The van der Waals surface area contributed by atoms with E-state index in [0.717, 1.165) is 17.5 Å². The van der Waals surface area contributed by atoms with Gasteiger partial charge < -0.3 is 19.2 Å². The third-order valence-corrected chi connectivity index (χ3v) is 6.47. The number of aromatic nitrogens is 1. The van der Waals surface area contributed by atoms with Crippen LogP contribution >= 0.6 is 0 Å². The summed E-state index contributed by atoms with van der Waals surface area (Å²) in [5.41, 5.74) is 0.588. The van der Waals surface area contributed by atoms with Crippen molar-refractivity contribution in [2.24, 2.45) is 0 Å². The fraction of sp³-hybridized carbons (Fsp3) is 0.172. The Morgan fingerprint density at radius 3 is 2.34 bits per heavy atom. The second-order valence-corrected chi connectivity index (χ2v) is 8.85. The van der Waals surface area contributed by atoms with Crippen LogP contribution in [0.4, 0.5) is 13.2 Å². The van der Waals surface area contributed by atoms with Crippen molar-refractivity contribution >= 4 is 27.8 Å². The van der Waals surface area contributed by atoms with E-state index in [4.69, 9.17) is 9.15 Å². The molecule has 2 aromatic heterocycles. The molecule has 0 spiro atoms. The van der Waals surface area contributed by atoms with E-state index in [1.165, 1.54) is 19.1 Å². The first kappa shape index (κ1) is 25.1. The topological polar surface area (TPSA) is 92.5 Å². The van der Waals surface area contributed by atoms with Gasteiger partial charge in [0.1, 0.15) is 11.3 Å². The van der Waals surface area contributed by atoms with Gasteiger partial charge >= 0.3 is 17.8 Å². The minimum absolute atomic E-state index is 0.0439. The van der Waals surface area contributed by atoms with Gasteiger partial charge in [0.2, 0.25) is 0 Å². The van der Waals surface area contributed by atoms with E-state index >= 15 is 0 Å². The van der Waals surface area contributed by atoms with Crippen LogP contribution in [0.2, 0.25) is 0 Å². The number of nitrogens with one attached hydrogen (secondary N) is 1. The Bertz CT molecular complexity index is 1700. The standard InChI is InChI=1S/C29H22F3NO5/c1-16(34)37-15-14-20-19-6-2-4-8-22(19)33-26(20)24(17-10-12-18(13-11-17)29(30,31)32)25-27(35)21-7-3-5-9-23(21)38-28(25)36/h2-13,24,33,35H,14-15H2,1H3. The van der Waals surface area contributed by atoms with Crippen LogP contribution in [0.5, 0.6) is 5.75 Å². The first-order valence-corrected chi connectivity index (χ1v) is 11.8. The smallest absolute Gasteiger partial charge is 0.416 e. The van der Waals surface area contributed by atoms with E-state index in [0.29, 0.717) is 22.3 Å². The maximum Gasteiger partial charge on any atom is 0.416 e. The summed E-state index contributed by atoms with van der Waals surface area (Å²) in [6.45, 7) is 1.34. The number of carbonyl (C=O) groups excluding carboxylic acids is 1. The van der Waals surface area contributed by atoms with Crippen molar-refractivity contribution in [2.45, 2.75) is 25.4 Å². The normalized spacial score (nSPS) is 12.6. The molecule has 0 saturated heterocycles. The van der Waals surface area contributed by atoms with Crippen LogP contribution in [-0.4, -0.2) is 22.7 Å². The molecule has 5 aromatic rings. The van der Waals surface area contributed by atoms with E-state index in [2.05, 4.69) is 4.98 Å². The highest BCUT2D eigenvalue weighted by atomic mass is 19.4. The molecule has 0 fully saturated rings. The molecule has 0 saturated carbocycles. The van der Waals surface area contributed by atoms with Gasteiger partial charge in [0.05, 0.1) is 29.0 Å². The lowest BCUT2D eigenvalue weighted by atomic mass is 9.85. The average molecular weight is 521 g/mol.